The predicted molar refractivity (Wildman–Crippen MR) is 179 cm³/mol. The van der Waals surface area contributed by atoms with Gasteiger partial charge in [0.2, 0.25) is 0 Å². The van der Waals surface area contributed by atoms with Crippen LogP contribution in [0.2, 0.25) is 0 Å². The van der Waals surface area contributed by atoms with Gasteiger partial charge in [0.25, 0.3) is 0 Å². The van der Waals surface area contributed by atoms with Crippen LogP contribution in [0.3, 0.4) is 0 Å². The second-order valence-electron chi connectivity index (χ2n) is 12.7. The first-order valence-electron chi connectivity index (χ1n) is 16.0. The molecule has 2 fully saturated rings. The zero-order chi connectivity index (χ0) is 31.1. The Labute approximate surface area is 263 Å². The number of rotatable bonds is 12. The monoisotopic (exact) mass is 602 g/mol. The van der Waals surface area contributed by atoms with Crippen molar-refractivity contribution in [2.45, 2.75) is 39.9 Å². The molecule has 8 nitrogen and oxygen atoms in total. The Bertz CT molecular complexity index is 1190. The lowest BCUT2D eigenvalue weighted by Gasteiger charge is -2.37. The maximum atomic E-state index is 10.6. The topological polar surface area (TPSA) is 71.9 Å². The van der Waals surface area contributed by atoms with Crippen molar-refractivity contribution in [1.29, 1.82) is 0 Å². The molecule has 0 radical (unpaired) electrons. The molecule has 2 atom stereocenters. The molecule has 0 amide bonds. The first kappa shape index (κ1) is 32.1. The minimum atomic E-state index is -0.559. The van der Waals surface area contributed by atoms with Crippen LogP contribution >= 0.6 is 0 Å². The number of hydrogen-bond donors (Lipinski definition) is 2. The van der Waals surface area contributed by atoms with E-state index in [9.17, 15) is 10.2 Å². The van der Waals surface area contributed by atoms with Gasteiger partial charge in [0.1, 0.15) is 36.9 Å². The van der Waals surface area contributed by atoms with Crippen LogP contribution in [0.1, 0.15) is 22.3 Å². The summed E-state index contributed by atoms with van der Waals surface area (Å²) in [4.78, 5) is 9.47. The van der Waals surface area contributed by atoms with Crippen LogP contribution in [-0.4, -0.2) is 111 Å². The van der Waals surface area contributed by atoms with E-state index in [0.717, 1.165) is 52.4 Å². The van der Waals surface area contributed by atoms with Crippen molar-refractivity contribution in [3.8, 4) is 11.5 Å². The van der Waals surface area contributed by atoms with Crippen LogP contribution in [0.5, 0.6) is 11.5 Å². The second-order valence-corrected chi connectivity index (χ2v) is 12.7. The fourth-order valence-electron chi connectivity index (χ4n) is 6.36. The van der Waals surface area contributed by atoms with Crippen molar-refractivity contribution in [3.05, 3.63) is 82.9 Å². The van der Waals surface area contributed by atoms with Gasteiger partial charge in [0.05, 0.1) is 0 Å². The number of aliphatic hydroxyl groups excluding tert-OH is 2. The Morgan fingerprint density at radius 2 is 0.841 bits per heavy atom. The number of aryl methyl sites for hydroxylation is 4. The van der Waals surface area contributed by atoms with Gasteiger partial charge in [0.15, 0.2) is 0 Å². The van der Waals surface area contributed by atoms with Crippen LogP contribution in [-0.2, 0) is 0 Å². The van der Waals surface area contributed by atoms with E-state index in [-0.39, 0.29) is 13.2 Å². The van der Waals surface area contributed by atoms with Crippen molar-refractivity contribution < 1.29 is 19.7 Å². The standard InChI is InChI=1S/C36H50N4O4/c1-27-17-28(2)20-31(19-27)39-13-9-37(10-14-39)23-33(41)25-43-35-5-7-36(8-6-35)44-26-34(42)24-38-11-15-40(16-12-38)32-21-29(3)18-30(4)22-32/h5-8,17-22,33-34,41-42H,9-16,23-26H2,1-4H3. The lowest BCUT2D eigenvalue weighted by molar-refractivity contribution is 0.0650. The summed E-state index contributed by atoms with van der Waals surface area (Å²) in [5, 5.41) is 21.2. The number of hydrogen-bond acceptors (Lipinski definition) is 8. The molecule has 0 bridgehead atoms. The number of β-amino-alcohol motifs (C(OH)–C–C–N with tert-alkyl or cyclic N) is 2. The molecular formula is C36H50N4O4. The third-order valence-corrected chi connectivity index (χ3v) is 8.53. The fourth-order valence-corrected chi connectivity index (χ4v) is 6.36. The summed E-state index contributed by atoms with van der Waals surface area (Å²) in [6, 6.07) is 20.8. The Balaban J connectivity index is 0.962. The van der Waals surface area contributed by atoms with Crippen molar-refractivity contribution in [3.63, 3.8) is 0 Å². The number of ether oxygens (including phenoxy) is 2. The SMILES string of the molecule is Cc1cc(C)cc(N2CCN(CC(O)COc3ccc(OCC(O)CN4CCN(c5cc(C)cc(C)c5)CC4)cc3)CC2)c1. The Hall–Kier alpha value is -3.30. The van der Waals surface area contributed by atoms with E-state index >= 15 is 0 Å². The lowest BCUT2D eigenvalue weighted by atomic mass is 10.1. The molecule has 3 aromatic carbocycles. The van der Waals surface area contributed by atoms with Crippen molar-refractivity contribution in [1.82, 2.24) is 9.80 Å². The van der Waals surface area contributed by atoms with E-state index in [1.54, 1.807) is 0 Å². The Kier molecular flexibility index (Phi) is 11.0. The van der Waals surface area contributed by atoms with E-state index in [4.69, 9.17) is 9.47 Å². The van der Waals surface area contributed by atoms with E-state index in [1.807, 2.05) is 24.3 Å². The van der Waals surface area contributed by atoms with Gasteiger partial charge in [-0.15, -0.1) is 0 Å². The van der Waals surface area contributed by atoms with Gasteiger partial charge < -0.3 is 29.5 Å². The molecule has 2 aliphatic rings. The number of benzene rings is 3. The molecule has 0 aromatic heterocycles. The lowest BCUT2D eigenvalue weighted by Crippen LogP contribution is -2.49. The highest BCUT2D eigenvalue weighted by Gasteiger charge is 2.21. The minimum Gasteiger partial charge on any atom is -0.491 e. The van der Waals surface area contributed by atoms with Gasteiger partial charge in [0, 0.05) is 76.8 Å². The number of nitrogens with zero attached hydrogens (tertiary/aromatic N) is 4. The molecule has 2 unspecified atom stereocenters. The zero-order valence-electron chi connectivity index (χ0n) is 26.9. The molecule has 0 aliphatic carbocycles. The molecule has 3 aromatic rings. The average Bonchev–Trinajstić information content (AvgIpc) is 2.99. The van der Waals surface area contributed by atoms with Crippen LogP contribution in [0.4, 0.5) is 11.4 Å². The van der Waals surface area contributed by atoms with Gasteiger partial charge >= 0.3 is 0 Å². The summed E-state index contributed by atoms with van der Waals surface area (Å²) in [5.41, 5.74) is 7.75. The van der Waals surface area contributed by atoms with Crippen molar-refractivity contribution in [2.75, 3.05) is 88.5 Å². The smallest absolute Gasteiger partial charge is 0.119 e. The molecule has 2 N–H and O–H groups in total. The van der Waals surface area contributed by atoms with Crippen LogP contribution < -0.4 is 19.3 Å². The highest BCUT2D eigenvalue weighted by atomic mass is 16.5. The fraction of sp³-hybridized carbons (Fsp3) is 0.500. The Morgan fingerprint density at radius 3 is 1.16 bits per heavy atom. The third kappa shape index (κ3) is 9.35. The van der Waals surface area contributed by atoms with Crippen LogP contribution in [0.25, 0.3) is 0 Å². The normalized spacial score (nSPS) is 17.9. The third-order valence-electron chi connectivity index (χ3n) is 8.53. The summed E-state index contributed by atoms with van der Waals surface area (Å²) in [7, 11) is 0. The summed E-state index contributed by atoms with van der Waals surface area (Å²) < 4.78 is 11.7. The molecule has 238 valence electrons. The van der Waals surface area contributed by atoms with Crippen LogP contribution in [0.15, 0.2) is 60.7 Å². The molecule has 2 saturated heterocycles. The van der Waals surface area contributed by atoms with E-state index in [0.29, 0.717) is 24.6 Å². The largest absolute Gasteiger partial charge is 0.491 e. The maximum Gasteiger partial charge on any atom is 0.119 e. The van der Waals surface area contributed by atoms with E-state index in [2.05, 4.69) is 83.7 Å². The van der Waals surface area contributed by atoms with Crippen LogP contribution in [0, 0.1) is 27.7 Å². The average molecular weight is 603 g/mol. The summed E-state index contributed by atoms with van der Waals surface area (Å²) in [6.45, 7) is 17.8. The molecule has 44 heavy (non-hydrogen) atoms. The zero-order valence-corrected chi connectivity index (χ0v) is 26.9. The molecule has 8 heteroatoms. The summed E-state index contributed by atoms with van der Waals surface area (Å²) in [5.74, 6) is 1.39. The first-order valence-corrected chi connectivity index (χ1v) is 16.0. The second kappa shape index (κ2) is 15.1. The number of anilines is 2. The first-order chi connectivity index (χ1) is 21.2. The molecule has 0 saturated carbocycles. The van der Waals surface area contributed by atoms with Gasteiger partial charge in [-0.3, -0.25) is 9.80 Å². The van der Waals surface area contributed by atoms with E-state index < -0.39 is 12.2 Å². The molecule has 5 rings (SSSR count). The van der Waals surface area contributed by atoms with E-state index in [1.165, 1.54) is 33.6 Å². The maximum absolute atomic E-state index is 10.6. The number of piperazine rings is 2. The van der Waals surface area contributed by atoms with Crippen molar-refractivity contribution >= 4 is 11.4 Å². The predicted octanol–water partition coefficient (Wildman–Crippen LogP) is 4.04. The molecule has 0 spiro atoms. The van der Waals surface area contributed by atoms with Crippen molar-refractivity contribution in [2.24, 2.45) is 0 Å². The Morgan fingerprint density at radius 1 is 0.523 bits per heavy atom. The number of aliphatic hydroxyl groups is 2. The highest BCUT2D eigenvalue weighted by Crippen LogP contribution is 2.22. The van der Waals surface area contributed by atoms with Gasteiger partial charge in [-0.1, -0.05) is 12.1 Å². The highest BCUT2D eigenvalue weighted by molar-refractivity contribution is 5.52. The van der Waals surface area contributed by atoms with Gasteiger partial charge in [-0.05, 0) is 98.5 Å². The minimum absolute atomic E-state index is 0.243. The molecule has 2 aliphatic heterocycles. The summed E-state index contributed by atoms with van der Waals surface area (Å²) in [6.07, 6.45) is -1.12. The summed E-state index contributed by atoms with van der Waals surface area (Å²) >= 11 is 0. The molecule has 2 heterocycles. The molecular weight excluding hydrogens is 552 g/mol. The quantitative estimate of drug-likeness (QED) is 0.322. The van der Waals surface area contributed by atoms with Gasteiger partial charge in [-0.25, -0.2) is 0 Å². The van der Waals surface area contributed by atoms with Gasteiger partial charge in [-0.2, -0.15) is 0 Å².